The van der Waals surface area contributed by atoms with Crippen LogP contribution in [0.2, 0.25) is 5.02 Å². The van der Waals surface area contributed by atoms with Crippen molar-refractivity contribution in [1.82, 2.24) is 5.01 Å². The van der Waals surface area contributed by atoms with Gasteiger partial charge in [0, 0.05) is 22.6 Å². The average Bonchev–Trinajstić information content (AvgIpc) is 3.32. The number of hydrazone groups is 1. The Kier molecular flexibility index (Phi) is 3.50. The molecule has 0 bridgehead atoms. The van der Waals surface area contributed by atoms with Crippen molar-refractivity contribution in [2.24, 2.45) is 5.10 Å². The molecule has 130 valence electrons. The highest BCUT2D eigenvalue weighted by Crippen LogP contribution is 2.48. The normalized spacial score (nSPS) is 21.0. The predicted octanol–water partition coefficient (Wildman–Crippen LogP) is 5.31. The third-order valence-electron chi connectivity index (χ3n) is 4.71. The van der Waals surface area contributed by atoms with Crippen molar-refractivity contribution >= 4 is 17.3 Å². The van der Waals surface area contributed by atoms with Gasteiger partial charge in [-0.25, -0.2) is 9.40 Å². The molecule has 26 heavy (non-hydrogen) atoms. The summed E-state index contributed by atoms with van der Waals surface area (Å²) >= 11 is 6.20. The molecule has 0 saturated carbocycles. The van der Waals surface area contributed by atoms with Crippen LogP contribution in [0.25, 0.3) is 0 Å². The number of rotatable bonds is 2. The quantitative estimate of drug-likeness (QED) is 0.614. The number of hydrogen-bond acceptors (Lipinski definition) is 4. The maximum Gasteiger partial charge on any atom is 0.213 e. The Morgan fingerprint density at radius 2 is 1.96 bits per heavy atom. The Morgan fingerprint density at radius 1 is 1.12 bits per heavy atom. The summed E-state index contributed by atoms with van der Waals surface area (Å²) in [4.78, 5) is 0. The maximum atomic E-state index is 13.3. The molecule has 2 aliphatic heterocycles. The van der Waals surface area contributed by atoms with Gasteiger partial charge in [0.25, 0.3) is 0 Å². The molecule has 2 atom stereocenters. The summed E-state index contributed by atoms with van der Waals surface area (Å²) in [5.74, 6) is 1.22. The van der Waals surface area contributed by atoms with Gasteiger partial charge in [0.2, 0.25) is 6.23 Å². The first-order valence-corrected chi connectivity index (χ1v) is 8.68. The van der Waals surface area contributed by atoms with Gasteiger partial charge in [-0.05, 0) is 42.5 Å². The van der Waals surface area contributed by atoms with E-state index in [1.54, 1.807) is 24.5 Å². The van der Waals surface area contributed by atoms with Crippen molar-refractivity contribution in [3.05, 3.63) is 88.6 Å². The van der Waals surface area contributed by atoms with Crippen molar-refractivity contribution in [1.29, 1.82) is 0 Å². The Balaban J connectivity index is 1.61. The van der Waals surface area contributed by atoms with Gasteiger partial charge in [0.15, 0.2) is 0 Å². The molecule has 2 aromatic carbocycles. The standard InChI is InChI=1S/C20H14ClFN2O2/c21-13-5-8-18-15(10-13)17-11-16(19-2-1-9-25-19)23-24(17)20(26-18)12-3-6-14(22)7-4-12/h1-10,17,20H,11H2. The molecule has 3 aromatic rings. The van der Waals surface area contributed by atoms with Crippen LogP contribution in [-0.4, -0.2) is 10.7 Å². The second kappa shape index (κ2) is 5.88. The number of hydrogen-bond donors (Lipinski definition) is 0. The fourth-order valence-corrected chi connectivity index (χ4v) is 3.68. The largest absolute Gasteiger partial charge is 0.464 e. The number of furan rings is 1. The molecule has 1 aromatic heterocycles. The Hall–Kier alpha value is -2.79. The lowest BCUT2D eigenvalue weighted by Crippen LogP contribution is -2.33. The molecule has 2 aliphatic rings. The molecular weight excluding hydrogens is 355 g/mol. The van der Waals surface area contributed by atoms with Crippen LogP contribution >= 0.6 is 11.6 Å². The fourth-order valence-electron chi connectivity index (χ4n) is 3.50. The zero-order valence-corrected chi connectivity index (χ0v) is 14.4. The molecule has 0 saturated heterocycles. The van der Waals surface area contributed by atoms with Crippen LogP contribution in [0, 0.1) is 5.82 Å². The molecular formula is C20H14ClFN2O2. The zero-order valence-electron chi connectivity index (χ0n) is 13.6. The molecule has 0 N–H and O–H groups in total. The predicted molar refractivity (Wildman–Crippen MR) is 95.7 cm³/mol. The Labute approximate surface area is 154 Å². The summed E-state index contributed by atoms with van der Waals surface area (Å²) in [5, 5.41) is 7.31. The van der Waals surface area contributed by atoms with Crippen LogP contribution in [0.15, 0.2) is 70.4 Å². The topological polar surface area (TPSA) is 38.0 Å². The van der Waals surface area contributed by atoms with E-state index in [1.165, 1.54) is 12.1 Å². The van der Waals surface area contributed by atoms with E-state index < -0.39 is 6.23 Å². The summed E-state index contributed by atoms with van der Waals surface area (Å²) in [5.41, 5.74) is 2.67. The maximum absolute atomic E-state index is 13.3. The molecule has 6 heteroatoms. The molecule has 4 nitrogen and oxygen atoms in total. The van der Waals surface area contributed by atoms with Crippen molar-refractivity contribution in [3.63, 3.8) is 0 Å². The van der Waals surface area contributed by atoms with Gasteiger partial charge in [-0.2, -0.15) is 5.10 Å². The van der Waals surface area contributed by atoms with E-state index in [-0.39, 0.29) is 11.9 Å². The first kappa shape index (κ1) is 15.5. The number of benzene rings is 2. The molecule has 2 unspecified atom stereocenters. The van der Waals surface area contributed by atoms with Gasteiger partial charge in [-0.15, -0.1) is 0 Å². The molecule has 0 aliphatic carbocycles. The number of nitrogens with zero attached hydrogens (tertiary/aromatic N) is 2. The van der Waals surface area contributed by atoms with Crippen LogP contribution in [0.3, 0.4) is 0 Å². The fraction of sp³-hybridized carbons (Fsp3) is 0.150. The van der Waals surface area contributed by atoms with Crippen molar-refractivity contribution in [3.8, 4) is 5.75 Å². The van der Waals surface area contributed by atoms with Gasteiger partial charge in [-0.3, -0.25) is 0 Å². The SMILES string of the molecule is Fc1ccc(C2Oc3ccc(Cl)cc3C3CC(c4ccco4)=NN32)cc1. The van der Waals surface area contributed by atoms with Crippen LogP contribution in [-0.2, 0) is 0 Å². The van der Waals surface area contributed by atoms with Gasteiger partial charge in [-0.1, -0.05) is 23.7 Å². The van der Waals surface area contributed by atoms with E-state index in [1.807, 2.05) is 29.3 Å². The highest BCUT2D eigenvalue weighted by molar-refractivity contribution is 6.30. The first-order valence-electron chi connectivity index (χ1n) is 8.30. The molecule has 3 heterocycles. The molecule has 5 rings (SSSR count). The first-order chi connectivity index (χ1) is 12.7. The second-order valence-corrected chi connectivity index (χ2v) is 6.76. The smallest absolute Gasteiger partial charge is 0.213 e. The molecule has 0 radical (unpaired) electrons. The number of halogens is 2. The summed E-state index contributed by atoms with van der Waals surface area (Å²) in [6.07, 6.45) is 1.87. The minimum Gasteiger partial charge on any atom is -0.464 e. The summed E-state index contributed by atoms with van der Waals surface area (Å²) < 4.78 is 25.1. The van der Waals surface area contributed by atoms with Crippen molar-refractivity contribution < 1.29 is 13.5 Å². The monoisotopic (exact) mass is 368 g/mol. The summed E-state index contributed by atoms with van der Waals surface area (Å²) in [7, 11) is 0. The van der Waals surface area contributed by atoms with Crippen molar-refractivity contribution in [2.75, 3.05) is 0 Å². The molecule has 0 amide bonds. The third-order valence-corrected chi connectivity index (χ3v) is 4.95. The van der Waals surface area contributed by atoms with Crippen LogP contribution in [0.1, 0.15) is 35.6 Å². The van der Waals surface area contributed by atoms with E-state index in [4.69, 9.17) is 25.9 Å². The minimum atomic E-state index is -0.443. The molecule has 0 spiro atoms. The lowest BCUT2D eigenvalue weighted by molar-refractivity contribution is -0.0190. The van der Waals surface area contributed by atoms with Gasteiger partial charge in [0.1, 0.15) is 23.0 Å². The second-order valence-electron chi connectivity index (χ2n) is 6.33. The summed E-state index contributed by atoms with van der Waals surface area (Å²) in [6.45, 7) is 0. The average molecular weight is 369 g/mol. The van der Waals surface area contributed by atoms with Crippen LogP contribution < -0.4 is 4.74 Å². The van der Waals surface area contributed by atoms with E-state index >= 15 is 0 Å². The third kappa shape index (κ3) is 2.47. The minimum absolute atomic E-state index is 0.0207. The van der Waals surface area contributed by atoms with E-state index in [0.29, 0.717) is 11.4 Å². The zero-order chi connectivity index (χ0) is 17.7. The van der Waals surface area contributed by atoms with Crippen LogP contribution in [0.4, 0.5) is 4.39 Å². The van der Waals surface area contributed by atoms with Gasteiger partial charge in [0.05, 0.1) is 12.3 Å². The lowest BCUT2D eigenvalue weighted by atomic mass is 9.97. The van der Waals surface area contributed by atoms with E-state index in [0.717, 1.165) is 28.3 Å². The lowest BCUT2D eigenvalue weighted by Gasteiger charge is -2.38. The summed E-state index contributed by atoms with van der Waals surface area (Å²) in [6, 6.07) is 15.6. The Morgan fingerprint density at radius 3 is 2.73 bits per heavy atom. The van der Waals surface area contributed by atoms with Crippen LogP contribution in [0.5, 0.6) is 5.75 Å². The number of fused-ring (bicyclic) bond motifs is 3. The van der Waals surface area contributed by atoms with Gasteiger partial charge >= 0.3 is 0 Å². The number of ether oxygens (including phenoxy) is 1. The van der Waals surface area contributed by atoms with E-state index in [2.05, 4.69) is 0 Å². The highest BCUT2D eigenvalue weighted by Gasteiger charge is 2.41. The molecule has 0 fully saturated rings. The van der Waals surface area contributed by atoms with Gasteiger partial charge < -0.3 is 9.15 Å². The van der Waals surface area contributed by atoms with Crippen molar-refractivity contribution in [2.45, 2.75) is 18.7 Å². The Bertz CT molecular complexity index is 986. The highest BCUT2D eigenvalue weighted by atomic mass is 35.5. The van der Waals surface area contributed by atoms with E-state index in [9.17, 15) is 4.39 Å².